The van der Waals surface area contributed by atoms with Gasteiger partial charge in [-0.1, -0.05) is 0 Å². The monoisotopic (exact) mass is 187 g/mol. The van der Waals surface area contributed by atoms with Crippen LogP contribution in [0.4, 0.5) is 0 Å². The van der Waals surface area contributed by atoms with Crippen LogP contribution >= 0.6 is 0 Å². The van der Waals surface area contributed by atoms with Gasteiger partial charge in [0.15, 0.2) is 0 Å². The molecule has 0 saturated carbocycles. The molecule has 0 aliphatic carbocycles. The van der Waals surface area contributed by atoms with E-state index in [1.807, 2.05) is 0 Å². The maximum Gasteiger partial charge on any atom is 0.0667 e. The molecule has 1 aliphatic rings. The van der Waals surface area contributed by atoms with Crippen LogP contribution in [0.2, 0.25) is 0 Å². The van der Waals surface area contributed by atoms with Crippen LogP contribution in [0, 0.1) is 0 Å². The Labute approximate surface area is 80.8 Å². The molecule has 0 aromatic carbocycles. The van der Waals surface area contributed by atoms with E-state index >= 15 is 0 Å². The Morgan fingerprint density at radius 1 is 1.62 bits per heavy atom. The van der Waals surface area contributed by atoms with Crippen molar-refractivity contribution in [2.75, 3.05) is 26.9 Å². The van der Waals surface area contributed by atoms with Gasteiger partial charge in [-0.25, -0.2) is 0 Å². The van der Waals surface area contributed by atoms with E-state index in [9.17, 15) is 0 Å². The minimum Gasteiger partial charge on any atom is -0.380 e. The van der Waals surface area contributed by atoms with Gasteiger partial charge in [0.1, 0.15) is 0 Å². The van der Waals surface area contributed by atoms with Gasteiger partial charge >= 0.3 is 0 Å². The fourth-order valence-electron chi connectivity index (χ4n) is 1.55. The largest absolute Gasteiger partial charge is 0.380 e. The summed E-state index contributed by atoms with van der Waals surface area (Å²) in [6.07, 6.45) is 2.63. The number of methoxy groups -OCH3 is 1. The molecule has 2 atom stereocenters. The summed E-state index contributed by atoms with van der Waals surface area (Å²) in [4.78, 5) is 0. The van der Waals surface area contributed by atoms with Gasteiger partial charge in [-0.2, -0.15) is 0 Å². The lowest BCUT2D eigenvalue weighted by Crippen LogP contribution is -2.51. The molecule has 0 amide bonds. The van der Waals surface area contributed by atoms with Crippen molar-refractivity contribution in [1.82, 2.24) is 5.32 Å². The van der Waals surface area contributed by atoms with Gasteiger partial charge in [0.2, 0.25) is 0 Å². The quantitative estimate of drug-likeness (QED) is 0.717. The maximum atomic E-state index is 5.45. The first-order chi connectivity index (χ1) is 6.16. The zero-order valence-corrected chi connectivity index (χ0v) is 8.93. The summed E-state index contributed by atoms with van der Waals surface area (Å²) in [6, 6.07) is 0. The van der Waals surface area contributed by atoms with Gasteiger partial charge in [-0.05, 0) is 26.7 Å². The van der Waals surface area contributed by atoms with Crippen molar-refractivity contribution in [3.63, 3.8) is 0 Å². The fraction of sp³-hybridized carbons (Fsp3) is 1.00. The predicted molar refractivity (Wildman–Crippen MR) is 52.9 cm³/mol. The van der Waals surface area contributed by atoms with Crippen molar-refractivity contribution in [2.45, 2.75) is 38.3 Å². The highest BCUT2D eigenvalue weighted by Gasteiger charge is 2.26. The van der Waals surface area contributed by atoms with Crippen molar-refractivity contribution < 1.29 is 9.47 Å². The molecule has 1 fully saturated rings. The first-order valence-electron chi connectivity index (χ1n) is 5.02. The lowest BCUT2D eigenvalue weighted by molar-refractivity contribution is 0.0196. The van der Waals surface area contributed by atoms with Crippen LogP contribution < -0.4 is 5.32 Å². The van der Waals surface area contributed by atoms with Crippen molar-refractivity contribution in [2.24, 2.45) is 0 Å². The van der Waals surface area contributed by atoms with Crippen LogP contribution in [0.25, 0.3) is 0 Å². The fourth-order valence-corrected chi connectivity index (χ4v) is 1.55. The lowest BCUT2D eigenvalue weighted by atomic mass is 9.95. The second-order valence-corrected chi connectivity index (χ2v) is 4.14. The zero-order valence-electron chi connectivity index (χ0n) is 8.93. The van der Waals surface area contributed by atoms with E-state index in [4.69, 9.17) is 9.47 Å². The molecule has 1 aliphatic heterocycles. The molecule has 2 unspecified atom stereocenters. The second kappa shape index (κ2) is 4.94. The van der Waals surface area contributed by atoms with Crippen LogP contribution in [0.1, 0.15) is 26.7 Å². The van der Waals surface area contributed by atoms with E-state index in [1.54, 1.807) is 7.11 Å². The summed E-state index contributed by atoms with van der Waals surface area (Å²) in [5, 5.41) is 3.50. The molecule has 3 nitrogen and oxygen atoms in total. The number of ether oxygens (including phenoxy) is 2. The molecular weight excluding hydrogens is 166 g/mol. The standard InChI is InChI=1S/C10H21NO2/c1-9(12-3)7-11-10(2)5-4-6-13-8-10/h9,11H,4-8H2,1-3H3. The van der Waals surface area contributed by atoms with E-state index in [2.05, 4.69) is 19.2 Å². The third kappa shape index (κ3) is 3.63. The van der Waals surface area contributed by atoms with E-state index in [0.29, 0.717) is 0 Å². The van der Waals surface area contributed by atoms with E-state index in [0.717, 1.165) is 26.2 Å². The van der Waals surface area contributed by atoms with Gasteiger partial charge in [0.05, 0.1) is 12.7 Å². The van der Waals surface area contributed by atoms with Gasteiger partial charge in [-0.15, -0.1) is 0 Å². The minimum atomic E-state index is 0.158. The summed E-state index contributed by atoms with van der Waals surface area (Å²) in [5.74, 6) is 0. The Bertz CT molecular complexity index is 144. The van der Waals surface area contributed by atoms with Crippen molar-refractivity contribution in [1.29, 1.82) is 0 Å². The molecule has 0 spiro atoms. The summed E-state index contributed by atoms with van der Waals surface area (Å²) < 4.78 is 10.6. The lowest BCUT2D eigenvalue weighted by Gasteiger charge is -2.35. The van der Waals surface area contributed by atoms with E-state index < -0.39 is 0 Å². The molecule has 1 heterocycles. The SMILES string of the molecule is COC(C)CNC1(C)CCCOC1. The Balaban J connectivity index is 2.24. The summed E-state index contributed by atoms with van der Waals surface area (Å²) in [6.45, 7) is 6.92. The van der Waals surface area contributed by atoms with Gasteiger partial charge in [0.25, 0.3) is 0 Å². The topological polar surface area (TPSA) is 30.5 Å². The average molecular weight is 187 g/mol. The Kier molecular flexibility index (Phi) is 4.16. The van der Waals surface area contributed by atoms with Gasteiger partial charge in [-0.3, -0.25) is 0 Å². The first kappa shape index (κ1) is 11.0. The molecule has 0 aromatic heterocycles. The summed E-state index contributed by atoms with van der Waals surface area (Å²) in [7, 11) is 1.74. The molecular formula is C10H21NO2. The second-order valence-electron chi connectivity index (χ2n) is 4.14. The maximum absolute atomic E-state index is 5.45. The summed E-state index contributed by atoms with van der Waals surface area (Å²) >= 11 is 0. The van der Waals surface area contributed by atoms with E-state index in [-0.39, 0.29) is 11.6 Å². The molecule has 0 radical (unpaired) electrons. The molecule has 13 heavy (non-hydrogen) atoms. The first-order valence-corrected chi connectivity index (χ1v) is 5.02. The zero-order chi connectivity index (χ0) is 9.73. The van der Waals surface area contributed by atoms with Gasteiger partial charge in [0, 0.05) is 25.8 Å². The van der Waals surface area contributed by atoms with Crippen molar-refractivity contribution in [3.8, 4) is 0 Å². The smallest absolute Gasteiger partial charge is 0.0667 e. The third-order valence-corrected chi connectivity index (χ3v) is 2.66. The Hall–Kier alpha value is -0.120. The third-order valence-electron chi connectivity index (χ3n) is 2.66. The number of hydrogen-bond acceptors (Lipinski definition) is 3. The highest BCUT2D eigenvalue weighted by Crippen LogP contribution is 2.17. The number of hydrogen-bond donors (Lipinski definition) is 1. The van der Waals surface area contributed by atoms with Gasteiger partial charge < -0.3 is 14.8 Å². The number of rotatable bonds is 4. The van der Waals surface area contributed by atoms with E-state index in [1.165, 1.54) is 6.42 Å². The Morgan fingerprint density at radius 2 is 2.38 bits per heavy atom. The highest BCUT2D eigenvalue weighted by atomic mass is 16.5. The molecule has 3 heteroatoms. The van der Waals surface area contributed by atoms with Crippen LogP contribution in [-0.2, 0) is 9.47 Å². The number of nitrogens with one attached hydrogen (secondary N) is 1. The van der Waals surface area contributed by atoms with Crippen LogP contribution in [0.3, 0.4) is 0 Å². The normalized spacial score (nSPS) is 31.6. The van der Waals surface area contributed by atoms with Crippen molar-refractivity contribution in [3.05, 3.63) is 0 Å². The minimum absolute atomic E-state index is 0.158. The molecule has 1 rings (SSSR count). The Morgan fingerprint density at radius 3 is 2.92 bits per heavy atom. The molecule has 78 valence electrons. The van der Waals surface area contributed by atoms with Crippen LogP contribution in [0.5, 0.6) is 0 Å². The van der Waals surface area contributed by atoms with Crippen LogP contribution in [0.15, 0.2) is 0 Å². The average Bonchev–Trinajstić information content (AvgIpc) is 2.15. The molecule has 1 N–H and O–H groups in total. The summed E-state index contributed by atoms with van der Waals surface area (Å²) in [5.41, 5.74) is 0.158. The predicted octanol–water partition coefficient (Wildman–Crippen LogP) is 1.18. The molecule has 0 bridgehead atoms. The van der Waals surface area contributed by atoms with Crippen molar-refractivity contribution >= 4 is 0 Å². The molecule has 1 saturated heterocycles. The highest BCUT2D eigenvalue weighted by molar-refractivity contribution is 4.85. The molecule has 0 aromatic rings. The van der Waals surface area contributed by atoms with Crippen LogP contribution in [-0.4, -0.2) is 38.5 Å².